The van der Waals surface area contributed by atoms with Crippen LogP contribution in [0, 0.1) is 0 Å². The highest BCUT2D eigenvalue weighted by Gasteiger charge is 2.33. The Balaban J connectivity index is 1.23. The average molecular weight is 728 g/mol. The topological polar surface area (TPSA) is 105 Å². The first-order valence-electron chi connectivity index (χ1n) is 18.7. The molecule has 12 nitrogen and oxygen atoms in total. The quantitative estimate of drug-likeness (QED) is 0.129. The molecule has 0 aliphatic carbocycles. The van der Waals surface area contributed by atoms with E-state index >= 15 is 0 Å². The van der Waals surface area contributed by atoms with Crippen molar-refractivity contribution in [3.05, 3.63) is 60.4 Å². The van der Waals surface area contributed by atoms with Crippen molar-refractivity contribution in [2.75, 3.05) is 49.1 Å². The van der Waals surface area contributed by atoms with Crippen LogP contribution in [0.3, 0.4) is 0 Å². The SMILES string of the molecule is C[C@@H]1CN(c2ccc(-c3nn(COCC[Si](C)(C)C)c4cnc(N5[C@H](C)CN(Cc6ccccc6)C[C@@H]5C)nc34)cn2)CCN1C(=O)OC(C)(C)C. The second kappa shape index (κ2) is 15.5. The van der Waals surface area contributed by atoms with E-state index in [1.54, 1.807) is 0 Å². The molecule has 0 bridgehead atoms. The molecule has 1 amide bonds. The van der Waals surface area contributed by atoms with Gasteiger partial charge in [-0.2, -0.15) is 5.10 Å². The molecular weight excluding hydrogens is 671 g/mol. The number of pyridine rings is 1. The Hall–Kier alpha value is -4.07. The van der Waals surface area contributed by atoms with E-state index in [1.807, 2.05) is 48.8 Å². The molecule has 2 aliphatic heterocycles. The largest absolute Gasteiger partial charge is 0.444 e. The highest BCUT2D eigenvalue weighted by Crippen LogP contribution is 2.31. The van der Waals surface area contributed by atoms with E-state index < -0.39 is 13.7 Å². The zero-order valence-electron chi connectivity index (χ0n) is 32.5. The van der Waals surface area contributed by atoms with Crippen molar-refractivity contribution >= 4 is 37.0 Å². The highest BCUT2D eigenvalue weighted by molar-refractivity contribution is 6.76. The van der Waals surface area contributed by atoms with E-state index in [9.17, 15) is 4.79 Å². The maximum Gasteiger partial charge on any atom is 0.410 e. The molecule has 3 atom stereocenters. The van der Waals surface area contributed by atoms with Gasteiger partial charge in [0.05, 0.1) is 6.20 Å². The number of piperazine rings is 2. The smallest absolute Gasteiger partial charge is 0.410 e. The Bertz CT molecular complexity index is 1790. The first kappa shape index (κ1) is 37.7. The van der Waals surface area contributed by atoms with E-state index in [2.05, 4.69) is 91.5 Å². The number of benzene rings is 1. The number of fused-ring (bicyclic) bond motifs is 1. The molecule has 4 aromatic rings. The summed E-state index contributed by atoms with van der Waals surface area (Å²) < 4.78 is 13.7. The second-order valence-electron chi connectivity index (χ2n) is 16.8. The van der Waals surface area contributed by atoms with Gasteiger partial charge in [0.2, 0.25) is 5.95 Å². The number of hydrogen-bond donors (Lipinski definition) is 0. The summed E-state index contributed by atoms with van der Waals surface area (Å²) in [6, 6.07) is 16.3. The lowest BCUT2D eigenvalue weighted by Gasteiger charge is -2.44. The van der Waals surface area contributed by atoms with Crippen molar-refractivity contribution in [3.63, 3.8) is 0 Å². The molecule has 13 heteroatoms. The average Bonchev–Trinajstić information content (AvgIpc) is 3.43. The molecule has 0 spiro atoms. The Morgan fingerprint density at radius 1 is 0.904 bits per heavy atom. The molecule has 3 aromatic heterocycles. The lowest BCUT2D eigenvalue weighted by molar-refractivity contribution is 0.0158. The molecule has 0 radical (unpaired) electrons. The van der Waals surface area contributed by atoms with Gasteiger partial charge in [0.1, 0.15) is 34.9 Å². The van der Waals surface area contributed by atoms with E-state index in [0.29, 0.717) is 38.9 Å². The number of hydrogen-bond acceptors (Lipinski definition) is 10. The molecule has 280 valence electrons. The van der Waals surface area contributed by atoms with Crippen LogP contribution < -0.4 is 9.80 Å². The van der Waals surface area contributed by atoms with Crippen LogP contribution in [0.4, 0.5) is 16.6 Å². The summed E-state index contributed by atoms with van der Waals surface area (Å²) in [5.41, 5.74) is 4.08. The highest BCUT2D eigenvalue weighted by atomic mass is 28.3. The minimum absolute atomic E-state index is 0.00854. The summed E-state index contributed by atoms with van der Waals surface area (Å²) in [4.78, 5) is 36.7. The molecule has 6 rings (SSSR count). The molecule has 2 aliphatic rings. The predicted molar refractivity (Wildman–Crippen MR) is 210 cm³/mol. The minimum atomic E-state index is -1.23. The second-order valence-corrected chi connectivity index (χ2v) is 22.4. The van der Waals surface area contributed by atoms with Crippen LogP contribution >= 0.6 is 0 Å². The van der Waals surface area contributed by atoms with Crippen LogP contribution in [0.2, 0.25) is 25.7 Å². The maximum absolute atomic E-state index is 12.8. The lowest BCUT2D eigenvalue weighted by atomic mass is 10.1. The molecule has 0 saturated carbocycles. The Kier molecular flexibility index (Phi) is 11.2. The Morgan fingerprint density at radius 3 is 2.27 bits per heavy atom. The molecule has 5 heterocycles. The molecule has 1 aromatic carbocycles. The third kappa shape index (κ3) is 9.10. The van der Waals surface area contributed by atoms with E-state index in [0.717, 1.165) is 53.8 Å². The van der Waals surface area contributed by atoms with Crippen molar-refractivity contribution < 1.29 is 14.3 Å². The Labute approximate surface area is 310 Å². The van der Waals surface area contributed by atoms with Crippen LogP contribution in [-0.2, 0) is 22.7 Å². The fourth-order valence-electron chi connectivity index (χ4n) is 7.17. The summed E-state index contributed by atoms with van der Waals surface area (Å²) in [7, 11) is -1.23. The van der Waals surface area contributed by atoms with Gasteiger partial charge in [0.25, 0.3) is 0 Å². The number of anilines is 2. The third-order valence-electron chi connectivity index (χ3n) is 9.77. The summed E-state index contributed by atoms with van der Waals surface area (Å²) in [6.45, 7) is 25.1. The zero-order chi connectivity index (χ0) is 37.2. The van der Waals surface area contributed by atoms with Crippen LogP contribution in [0.15, 0.2) is 54.9 Å². The summed E-state index contributed by atoms with van der Waals surface area (Å²) in [5.74, 6) is 1.58. The fraction of sp³-hybridized carbons (Fsp3) is 0.564. The van der Waals surface area contributed by atoms with E-state index in [-0.39, 0.29) is 24.2 Å². The first-order chi connectivity index (χ1) is 24.6. The lowest BCUT2D eigenvalue weighted by Crippen LogP contribution is -2.57. The number of ether oxygens (including phenoxy) is 2. The number of rotatable bonds is 10. The van der Waals surface area contributed by atoms with E-state index in [1.165, 1.54) is 5.56 Å². The van der Waals surface area contributed by atoms with Crippen molar-refractivity contribution in [1.29, 1.82) is 0 Å². The summed E-state index contributed by atoms with van der Waals surface area (Å²) >= 11 is 0. The fourth-order valence-corrected chi connectivity index (χ4v) is 7.92. The van der Waals surface area contributed by atoms with Gasteiger partial charge < -0.3 is 24.2 Å². The predicted octanol–water partition coefficient (Wildman–Crippen LogP) is 6.75. The number of carbonyl (C=O) groups is 1. The number of carbonyl (C=O) groups excluding carboxylic acids is 1. The Morgan fingerprint density at radius 2 is 1.63 bits per heavy atom. The first-order valence-corrected chi connectivity index (χ1v) is 22.4. The monoisotopic (exact) mass is 727 g/mol. The van der Waals surface area contributed by atoms with Crippen molar-refractivity contribution in [2.45, 2.75) is 104 Å². The van der Waals surface area contributed by atoms with Crippen LogP contribution in [0.5, 0.6) is 0 Å². The van der Waals surface area contributed by atoms with Gasteiger partial charge in [-0.3, -0.25) is 4.90 Å². The summed E-state index contributed by atoms with van der Waals surface area (Å²) in [6.07, 6.45) is 3.52. The van der Waals surface area contributed by atoms with Gasteiger partial charge in [-0.15, -0.1) is 0 Å². The van der Waals surface area contributed by atoms with Gasteiger partial charge in [-0.1, -0.05) is 50.0 Å². The van der Waals surface area contributed by atoms with Crippen LogP contribution in [-0.4, -0.2) is 112 Å². The number of nitrogens with zero attached hydrogens (tertiary/aromatic N) is 9. The zero-order valence-corrected chi connectivity index (χ0v) is 33.5. The van der Waals surface area contributed by atoms with Gasteiger partial charge in [0, 0.05) is 83.8 Å². The number of aromatic nitrogens is 5. The van der Waals surface area contributed by atoms with Crippen molar-refractivity contribution in [1.82, 2.24) is 34.5 Å². The third-order valence-corrected chi connectivity index (χ3v) is 11.5. The minimum Gasteiger partial charge on any atom is -0.444 e. The van der Waals surface area contributed by atoms with Crippen LogP contribution in [0.25, 0.3) is 22.3 Å². The molecular formula is C39H57N9O3Si. The number of amides is 1. The molecule has 0 unspecified atom stereocenters. The molecule has 2 fully saturated rings. The summed E-state index contributed by atoms with van der Waals surface area (Å²) in [5, 5.41) is 5.05. The molecule has 2 saturated heterocycles. The van der Waals surface area contributed by atoms with Crippen LogP contribution in [0.1, 0.15) is 47.1 Å². The van der Waals surface area contributed by atoms with Gasteiger partial charge in [0.15, 0.2) is 0 Å². The van der Waals surface area contributed by atoms with Crippen molar-refractivity contribution in [3.8, 4) is 11.3 Å². The van der Waals surface area contributed by atoms with Gasteiger partial charge >= 0.3 is 6.09 Å². The molecule has 0 N–H and O–H groups in total. The maximum atomic E-state index is 12.8. The van der Waals surface area contributed by atoms with Gasteiger partial charge in [-0.25, -0.2) is 24.4 Å². The van der Waals surface area contributed by atoms with E-state index in [4.69, 9.17) is 29.5 Å². The molecule has 52 heavy (non-hydrogen) atoms. The normalized spacial score (nSPS) is 20.5. The van der Waals surface area contributed by atoms with Crippen molar-refractivity contribution in [2.24, 2.45) is 0 Å². The van der Waals surface area contributed by atoms with Gasteiger partial charge in [-0.05, 0) is 65.3 Å². The standard InChI is InChI=1S/C39H57N9O3Si/c1-28-25-45(17-18-46(28)38(49)51-39(4,5)6)34-16-15-32(21-40-34)35-36-33(47(43-35)27-50-19-20-52(7,8)9)22-41-37(42-36)48-29(2)23-44(24-30(48)3)26-31-13-11-10-12-14-31/h10-16,21-22,28-30H,17-20,23-27H2,1-9H3/t28-,29-,30+/m1/s1.